The Labute approximate surface area is 162 Å². The predicted molar refractivity (Wildman–Crippen MR) is 97.6 cm³/mol. The monoisotopic (exact) mass is 378 g/mol. The van der Waals surface area contributed by atoms with E-state index >= 15 is 0 Å². The van der Waals surface area contributed by atoms with Gasteiger partial charge in [0.25, 0.3) is 5.91 Å². The fraction of sp³-hybridized carbons (Fsp3) is 0.364. The van der Waals surface area contributed by atoms with Gasteiger partial charge in [0.1, 0.15) is 12.3 Å². The average molecular weight is 378 g/mol. The van der Waals surface area contributed by atoms with Crippen LogP contribution in [-0.2, 0) is 9.53 Å². The number of rotatable bonds is 3. The molecule has 6 heteroatoms. The SMILES string of the molecule is N#Cc1ccc(F)c(OC2CC3(C2)OC2CC[C@@H](c4ccccc4)N2C3=O)c1. The maximum Gasteiger partial charge on any atom is 0.257 e. The quantitative estimate of drug-likeness (QED) is 0.817. The van der Waals surface area contributed by atoms with Crippen molar-refractivity contribution in [2.45, 2.75) is 49.7 Å². The van der Waals surface area contributed by atoms with Crippen molar-refractivity contribution in [3.05, 3.63) is 65.5 Å². The number of ether oxygens (including phenoxy) is 2. The van der Waals surface area contributed by atoms with Gasteiger partial charge in [0.05, 0.1) is 17.7 Å². The summed E-state index contributed by atoms with van der Waals surface area (Å²) in [5.74, 6) is -0.453. The molecule has 1 saturated carbocycles. The molecule has 2 aliphatic heterocycles. The first-order chi connectivity index (χ1) is 13.6. The van der Waals surface area contributed by atoms with Crippen LogP contribution in [0.5, 0.6) is 5.75 Å². The molecule has 0 aromatic heterocycles. The summed E-state index contributed by atoms with van der Waals surface area (Å²) in [5.41, 5.74) is 0.609. The van der Waals surface area contributed by atoms with Crippen LogP contribution in [0, 0.1) is 17.1 Å². The van der Waals surface area contributed by atoms with E-state index in [0.29, 0.717) is 18.4 Å². The number of halogens is 1. The highest BCUT2D eigenvalue weighted by Crippen LogP contribution is 2.52. The zero-order valence-electron chi connectivity index (χ0n) is 15.2. The van der Waals surface area contributed by atoms with Gasteiger partial charge in [-0.2, -0.15) is 5.26 Å². The molecule has 5 nitrogen and oxygen atoms in total. The van der Waals surface area contributed by atoms with Crippen LogP contribution in [0.3, 0.4) is 0 Å². The third kappa shape index (κ3) is 2.58. The summed E-state index contributed by atoms with van der Waals surface area (Å²) < 4.78 is 25.8. The molecular formula is C22H19FN2O3. The average Bonchev–Trinajstić information content (AvgIpc) is 3.22. The summed E-state index contributed by atoms with van der Waals surface area (Å²) in [7, 11) is 0. The van der Waals surface area contributed by atoms with Gasteiger partial charge in [-0.1, -0.05) is 30.3 Å². The molecule has 1 unspecified atom stereocenters. The minimum Gasteiger partial charge on any atom is -0.487 e. The second-order valence-corrected chi connectivity index (χ2v) is 7.69. The van der Waals surface area contributed by atoms with Gasteiger partial charge < -0.3 is 14.4 Å². The molecule has 3 fully saturated rings. The minimum absolute atomic E-state index is 0.00921. The van der Waals surface area contributed by atoms with E-state index in [1.807, 2.05) is 41.3 Å². The zero-order chi connectivity index (χ0) is 19.3. The van der Waals surface area contributed by atoms with E-state index in [2.05, 4.69) is 0 Å². The van der Waals surface area contributed by atoms with Gasteiger partial charge in [0, 0.05) is 18.9 Å². The fourth-order valence-corrected chi connectivity index (χ4v) is 4.59. The first kappa shape index (κ1) is 17.2. The van der Waals surface area contributed by atoms with Gasteiger partial charge in [-0.15, -0.1) is 0 Å². The van der Waals surface area contributed by atoms with Crippen molar-refractivity contribution in [2.24, 2.45) is 0 Å². The highest BCUT2D eigenvalue weighted by molar-refractivity contribution is 5.89. The second kappa shape index (κ2) is 6.32. The summed E-state index contributed by atoms with van der Waals surface area (Å²) in [5, 5.41) is 8.97. The van der Waals surface area contributed by atoms with Crippen molar-refractivity contribution in [1.82, 2.24) is 4.90 Å². The molecule has 3 aliphatic rings. The van der Waals surface area contributed by atoms with Gasteiger partial charge in [0.2, 0.25) is 0 Å². The van der Waals surface area contributed by atoms with Crippen molar-refractivity contribution < 1.29 is 18.7 Å². The summed E-state index contributed by atoms with van der Waals surface area (Å²) in [4.78, 5) is 15.0. The van der Waals surface area contributed by atoms with Crippen molar-refractivity contribution >= 4 is 5.91 Å². The van der Waals surface area contributed by atoms with Crippen LogP contribution in [0.1, 0.15) is 42.9 Å². The molecule has 5 rings (SSSR count). The van der Waals surface area contributed by atoms with E-state index in [1.54, 1.807) is 0 Å². The van der Waals surface area contributed by atoms with E-state index in [0.717, 1.165) is 18.4 Å². The summed E-state index contributed by atoms with van der Waals surface area (Å²) in [6.07, 6.45) is 2.01. The van der Waals surface area contributed by atoms with Gasteiger partial charge in [-0.25, -0.2) is 4.39 Å². The molecule has 2 atom stereocenters. The Kier molecular flexibility index (Phi) is 3.88. The van der Waals surface area contributed by atoms with Crippen LogP contribution in [-0.4, -0.2) is 28.7 Å². The summed E-state index contributed by atoms with van der Waals surface area (Å²) in [6.45, 7) is 0. The van der Waals surface area contributed by atoms with E-state index in [-0.39, 0.29) is 30.0 Å². The van der Waals surface area contributed by atoms with E-state index in [1.165, 1.54) is 18.2 Å². The summed E-state index contributed by atoms with van der Waals surface area (Å²) >= 11 is 0. The van der Waals surface area contributed by atoms with Gasteiger partial charge in [-0.3, -0.25) is 4.79 Å². The normalized spacial score (nSPS) is 30.8. The number of hydrogen-bond acceptors (Lipinski definition) is 4. The van der Waals surface area contributed by atoms with Crippen molar-refractivity contribution in [3.63, 3.8) is 0 Å². The number of nitrogens with zero attached hydrogens (tertiary/aromatic N) is 2. The zero-order valence-corrected chi connectivity index (χ0v) is 15.2. The number of fused-ring (bicyclic) bond motifs is 1. The Morgan fingerprint density at radius 3 is 2.71 bits per heavy atom. The second-order valence-electron chi connectivity index (χ2n) is 7.69. The Balaban J connectivity index is 1.29. The van der Waals surface area contributed by atoms with Crippen LogP contribution in [0.4, 0.5) is 4.39 Å². The molecule has 1 spiro atoms. The molecule has 2 aromatic rings. The molecule has 28 heavy (non-hydrogen) atoms. The Morgan fingerprint density at radius 1 is 1.18 bits per heavy atom. The lowest BCUT2D eigenvalue weighted by atomic mass is 9.76. The number of carbonyl (C=O) groups excluding carboxylic acids is 1. The van der Waals surface area contributed by atoms with Gasteiger partial charge in [-0.05, 0) is 30.5 Å². The van der Waals surface area contributed by atoms with Crippen LogP contribution in [0.25, 0.3) is 0 Å². The largest absolute Gasteiger partial charge is 0.487 e. The van der Waals surface area contributed by atoms with Gasteiger partial charge in [0.15, 0.2) is 17.2 Å². The van der Waals surface area contributed by atoms with Crippen LogP contribution < -0.4 is 4.74 Å². The number of nitriles is 1. The lowest BCUT2D eigenvalue weighted by Gasteiger charge is -2.42. The molecule has 2 saturated heterocycles. The smallest absolute Gasteiger partial charge is 0.257 e. The number of hydrogen-bond donors (Lipinski definition) is 0. The Morgan fingerprint density at radius 2 is 1.96 bits per heavy atom. The molecule has 1 amide bonds. The molecule has 2 aromatic carbocycles. The van der Waals surface area contributed by atoms with Crippen LogP contribution in [0.15, 0.2) is 48.5 Å². The molecular weight excluding hydrogens is 359 g/mol. The molecule has 0 bridgehead atoms. The Hall–Kier alpha value is -2.91. The predicted octanol–water partition coefficient (Wildman–Crippen LogP) is 3.70. The van der Waals surface area contributed by atoms with E-state index < -0.39 is 11.4 Å². The first-order valence-corrected chi connectivity index (χ1v) is 9.51. The molecule has 1 aliphatic carbocycles. The van der Waals surface area contributed by atoms with Gasteiger partial charge >= 0.3 is 0 Å². The van der Waals surface area contributed by atoms with E-state index in [4.69, 9.17) is 14.7 Å². The highest BCUT2D eigenvalue weighted by atomic mass is 19.1. The fourth-order valence-electron chi connectivity index (χ4n) is 4.59. The van der Waals surface area contributed by atoms with Crippen LogP contribution in [0.2, 0.25) is 0 Å². The topological polar surface area (TPSA) is 62.6 Å². The highest BCUT2D eigenvalue weighted by Gasteiger charge is 2.63. The number of benzene rings is 2. The van der Waals surface area contributed by atoms with Crippen molar-refractivity contribution in [2.75, 3.05) is 0 Å². The van der Waals surface area contributed by atoms with Crippen molar-refractivity contribution in [3.8, 4) is 11.8 Å². The first-order valence-electron chi connectivity index (χ1n) is 9.51. The lowest BCUT2D eigenvalue weighted by Crippen LogP contribution is -2.56. The molecule has 0 radical (unpaired) electrons. The maximum absolute atomic E-state index is 14.0. The Bertz CT molecular complexity index is 965. The molecule has 142 valence electrons. The number of carbonyl (C=O) groups is 1. The molecule has 2 heterocycles. The number of amides is 1. The lowest BCUT2D eigenvalue weighted by molar-refractivity contribution is -0.162. The minimum atomic E-state index is -0.855. The van der Waals surface area contributed by atoms with Crippen LogP contribution >= 0.6 is 0 Å². The van der Waals surface area contributed by atoms with E-state index in [9.17, 15) is 9.18 Å². The van der Waals surface area contributed by atoms with Crippen molar-refractivity contribution in [1.29, 1.82) is 5.26 Å². The standard InChI is InChI=1S/C22H19FN2O3/c23-17-7-6-14(13-24)10-19(17)27-16-11-22(12-16)21(26)25-18(8-9-20(25)28-22)15-4-2-1-3-5-15/h1-7,10,16,18,20H,8-9,11-12H2/t16?,18-,20?,22?/m0/s1. The third-order valence-electron chi connectivity index (χ3n) is 5.97. The third-order valence-corrected chi connectivity index (χ3v) is 5.97. The maximum atomic E-state index is 14.0. The molecule has 0 N–H and O–H groups in total. The summed E-state index contributed by atoms with van der Waals surface area (Å²) in [6, 6.07) is 16.1.